The van der Waals surface area contributed by atoms with Gasteiger partial charge in [-0.15, -0.1) is 12.4 Å². The van der Waals surface area contributed by atoms with Crippen LogP contribution in [-0.2, 0) is 9.53 Å². The van der Waals surface area contributed by atoms with E-state index in [2.05, 4.69) is 19.2 Å². The Morgan fingerprint density at radius 1 is 1.24 bits per heavy atom. The van der Waals surface area contributed by atoms with Gasteiger partial charge in [-0.3, -0.25) is 4.79 Å². The van der Waals surface area contributed by atoms with Gasteiger partial charge in [0.05, 0.1) is 18.7 Å². The molecule has 0 spiro atoms. The van der Waals surface area contributed by atoms with Crippen LogP contribution in [-0.4, -0.2) is 31.8 Å². The standard InChI is InChI=1S/C19H30N2O3.ClH/c1-13(2)12-24-17-6-4-15(5-7-17)14(3)21-19(22)18(20)16-8-10-23-11-9-16;/h4-7,13-14,16,18H,8-12,20H2,1-3H3,(H,21,22);1H. The zero-order valence-electron chi connectivity index (χ0n) is 15.4. The van der Waals surface area contributed by atoms with Gasteiger partial charge in [-0.05, 0) is 49.3 Å². The third-order valence-corrected chi connectivity index (χ3v) is 4.40. The maximum atomic E-state index is 12.4. The molecule has 1 aromatic rings. The van der Waals surface area contributed by atoms with Crippen LogP contribution in [0.4, 0.5) is 0 Å². The first-order chi connectivity index (χ1) is 11.5. The Bertz CT molecular complexity index is 516. The predicted octanol–water partition coefficient (Wildman–Crippen LogP) is 3.07. The van der Waals surface area contributed by atoms with Gasteiger partial charge in [0.2, 0.25) is 5.91 Å². The topological polar surface area (TPSA) is 73.6 Å². The summed E-state index contributed by atoms with van der Waals surface area (Å²) in [6, 6.07) is 7.31. The SMILES string of the molecule is CC(C)COc1ccc(C(C)NC(=O)C(N)C2CCOCC2)cc1.Cl. The molecule has 2 atom stereocenters. The van der Waals surface area contributed by atoms with E-state index in [-0.39, 0.29) is 30.3 Å². The molecule has 5 nitrogen and oxygen atoms in total. The van der Waals surface area contributed by atoms with Crippen molar-refractivity contribution in [1.82, 2.24) is 5.32 Å². The van der Waals surface area contributed by atoms with Crippen LogP contribution in [0.25, 0.3) is 0 Å². The Morgan fingerprint density at radius 2 is 1.84 bits per heavy atom. The monoisotopic (exact) mass is 370 g/mol. The van der Waals surface area contributed by atoms with Crippen LogP contribution in [0.5, 0.6) is 5.75 Å². The van der Waals surface area contributed by atoms with Crippen molar-refractivity contribution in [3.05, 3.63) is 29.8 Å². The quantitative estimate of drug-likeness (QED) is 0.773. The summed E-state index contributed by atoms with van der Waals surface area (Å²) in [6.07, 6.45) is 1.70. The number of amides is 1. The number of ether oxygens (including phenoxy) is 2. The van der Waals surface area contributed by atoms with Crippen LogP contribution >= 0.6 is 12.4 Å². The Kier molecular flexibility index (Phi) is 9.25. The van der Waals surface area contributed by atoms with E-state index in [4.69, 9.17) is 15.2 Å². The summed E-state index contributed by atoms with van der Waals surface area (Å²) < 4.78 is 11.0. The number of nitrogens with one attached hydrogen (secondary N) is 1. The molecule has 1 aliphatic rings. The second-order valence-electron chi connectivity index (χ2n) is 6.98. The van der Waals surface area contributed by atoms with Gasteiger partial charge in [-0.25, -0.2) is 0 Å². The molecule has 2 rings (SSSR count). The van der Waals surface area contributed by atoms with Gasteiger partial charge >= 0.3 is 0 Å². The normalized spacial score (nSPS) is 17.5. The second kappa shape index (κ2) is 10.6. The second-order valence-corrected chi connectivity index (χ2v) is 6.98. The van der Waals surface area contributed by atoms with Gasteiger partial charge in [-0.2, -0.15) is 0 Å². The molecule has 0 bridgehead atoms. The fraction of sp³-hybridized carbons (Fsp3) is 0.632. The summed E-state index contributed by atoms with van der Waals surface area (Å²) in [5.74, 6) is 1.46. The summed E-state index contributed by atoms with van der Waals surface area (Å²) in [6.45, 7) is 8.30. The molecule has 1 fully saturated rings. The van der Waals surface area contributed by atoms with Crippen LogP contribution < -0.4 is 15.8 Å². The van der Waals surface area contributed by atoms with E-state index in [1.54, 1.807) is 0 Å². The van der Waals surface area contributed by atoms with E-state index in [1.807, 2.05) is 31.2 Å². The van der Waals surface area contributed by atoms with Crippen LogP contribution in [0.2, 0.25) is 0 Å². The van der Waals surface area contributed by atoms with E-state index in [9.17, 15) is 4.79 Å². The molecule has 1 amide bonds. The lowest BCUT2D eigenvalue weighted by atomic mass is 9.91. The molecule has 1 aliphatic heterocycles. The molecular weight excluding hydrogens is 340 g/mol. The molecule has 0 aromatic heterocycles. The molecule has 0 radical (unpaired) electrons. The number of hydrogen-bond donors (Lipinski definition) is 2. The van der Waals surface area contributed by atoms with Crippen LogP contribution in [0.1, 0.15) is 45.2 Å². The van der Waals surface area contributed by atoms with Gasteiger partial charge in [0.25, 0.3) is 0 Å². The highest BCUT2D eigenvalue weighted by atomic mass is 35.5. The smallest absolute Gasteiger partial charge is 0.237 e. The fourth-order valence-corrected chi connectivity index (χ4v) is 2.80. The van der Waals surface area contributed by atoms with Crippen molar-refractivity contribution in [1.29, 1.82) is 0 Å². The van der Waals surface area contributed by atoms with Crippen LogP contribution in [0, 0.1) is 11.8 Å². The minimum Gasteiger partial charge on any atom is -0.493 e. The number of carbonyl (C=O) groups excluding carboxylic acids is 1. The number of benzene rings is 1. The zero-order chi connectivity index (χ0) is 17.5. The minimum absolute atomic E-state index is 0. The van der Waals surface area contributed by atoms with Crippen molar-refractivity contribution >= 4 is 18.3 Å². The average molecular weight is 371 g/mol. The number of hydrogen-bond acceptors (Lipinski definition) is 4. The van der Waals surface area contributed by atoms with Gasteiger partial charge < -0.3 is 20.5 Å². The van der Waals surface area contributed by atoms with Crippen molar-refractivity contribution in [2.45, 2.75) is 45.7 Å². The lowest BCUT2D eigenvalue weighted by molar-refractivity contribution is -0.125. The van der Waals surface area contributed by atoms with E-state index in [0.29, 0.717) is 25.7 Å². The van der Waals surface area contributed by atoms with E-state index >= 15 is 0 Å². The summed E-state index contributed by atoms with van der Waals surface area (Å²) in [5, 5.41) is 3.02. The average Bonchev–Trinajstić information content (AvgIpc) is 2.60. The number of nitrogens with two attached hydrogens (primary N) is 1. The zero-order valence-corrected chi connectivity index (χ0v) is 16.2. The third-order valence-electron chi connectivity index (χ3n) is 4.40. The number of halogens is 1. The molecule has 142 valence electrons. The van der Waals surface area contributed by atoms with Gasteiger partial charge in [0, 0.05) is 13.2 Å². The van der Waals surface area contributed by atoms with Crippen LogP contribution in [0.3, 0.4) is 0 Å². The Labute approximate surface area is 157 Å². The minimum atomic E-state index is -0.468. The van der Waals surface area contributed by atoms with Crippen molar-refractivity contribution < 1.29 is 14.3 Å². The molecule has 3 N–H and O–H groups in total. The molecule has 1 aromatic carbocycles. The van der Waals surface area contributed by atoms with Crippen LogP contribution in [0.15, 0.2) is 24.3 Å². The van der Waals surface area contributed by atoms with E-state index in [1.165, 1.54) is 0 Å². The fourth-order valence-electron chi connectivity index (χ4n) is 2.80. The maximum absolute atomic E-state index is 12.4. The molecule has 1 saturated heterocycles. The van der Waals surface area contributed by atoms with Gasteiger partial charge in [0.1, 0.15) is 5.75 Å². The Hall–Kier alpha value is -1.30. The first-order valence-electron chi connectivity index (χ1n) is 8.84. The highest BCUT2D eigenvalue weighted by Crippen LogP contribution is 2.20. The van der Waals surface area contributed by atoms with Crippen molar-refractivity contribution in [2.75, 3.05) is 19.8 Å². The van der Waals surface area contributed by atoms with Crippen molar-refractivity contribution in [3.8, 4) is 5.75 Å². The lowest BCUT2D eigenvalue weighted by Crippen LogP contribution is -2.47. The summed E-state index contributed by atoms with van der Waals surface area (Å²) in [5.41, 5.74) is 7.16. The molecule has 0 saturated carbocycles. The van der Waals surface area contributed by atoms with Crippen molar-refractivity contribution in [2.24, 2.45) is 17.6 Å². The Balaban J connectivity index is 0.00000312. The molecule has 1 heterocycles. The first-order valence-corrected chi connectivity index (χ1v) is 8.84. The largest absolute Gasteiger partial charge is 0.493 e. The molecule has 0 aliphatic carbocycles. The highest BCUT2D eigenvalue weighted by molar-refractivity contribution is 5.85. The molecule has 25 heavy (non-hydrogen) atoms. The van der Waals surface area contributed by atoms with E-state index < -0.39 is 6.04 Å². The summed E-state index contributed by atoms with van der Waals surface area (Å²) >= 11 is 0. The summed E-state index contributed by atoms with van der Waals surface area (Å²) in [4.78, 5) is 12.4. The third kappa shape index (κ3) is 6.84. The number of rotatable bonds is 7. The molecule has 6 heteroatoms. The Morgan fingerprint density at radius 3 is 2.40 bits per heavy atom. The van der Waals surface area contributed by atoms with Gasteiger partial charge in [0.15, 0.2) is 0 Å². The highest BCUT2D eigenvalue weighted by Gasteiger charge is 2.27. The maximum Gasteiger partial charge on any atom is 0.237 e. The lowest BCUT2D eigenvalue weighted by Gasteiger charge is -2.28. The summed E-state index contributed by atoms with van der Waals surface area (Å²) in [7, 11) is 0. The first kappa shape index (κ1) is 21.7. The predicted molar refractivity (Wildman–Crippen MR) is 102 cm³/mol. The van der Waals surface area contributed by atoms with Crippen molar-refractivity contribution in [3.63, 3.8) is 0 Å². The van der Waals surface area contributed by atoms with Gasteiger partial charge in [-0.1, -0.05) is 26.0 Å². The number of carbonyl (C=O) groups is 1. The molecule has 2 unspecified atom stereocenters. The molecular formula is C19H31ClN2O3. The van der Waals surface area contributed by atoms with E-state index in [0.717, 1.165) is 24.2 Å².